The first-order valence-electron chi connectivity index (χ1n) is 15.9. The van der Waals surface area contributed by atoms with Crippen LogP contribution in [-0.4, -0.2) is 16.5 Å². The lowest BCUT2D eigenvalue weighted by atomic mass is 9.31. The van der Waals surface area contributed by atoms with Crippen molar-refractivity contribution in [3.63, 3.8) is 0 Å². The van der Waals surface area contributed by atoms with Crippen molar-refractivity contribution in [3.8, 4) is 39.4 Å². The van der Waals surface area contributed by atoms with E-state index in [0.717, 1.165) is 11.5 Å². The maximum Gasteiger partial charge on any atom is 0.247 e. The van der Waals surface area contributed by atoms with Crippen molar-refractivity contribution in [2.24, 2.45) is 0 Å². The van der Waals surface area contributed by atoms with Gasteiger partial charge in [-0.3, -0.25) is 0 Å². The summed E-state index contributed by atoms with van der Waals surface area (Å²) < 4.78 is 9.05. The van der Waals surface area contributed by atoms with Gasteiger partial charge in [-0.05, 0) is 100 Å². The fourth-order valence-corrected chi connectivity index (χ4v) is 10.8. The predicted molar refractivity (Wildman–Crippen MR) is 173 cm³/mol. The van der Waals surface area contributed by atoms with Gasteiger partial charge in [-0.2, -0.15) is 5.10 Å². The van der Waals surface area contributed by atoms with Crippen LogP contribution >= 0.6 is 0 Å². The number of benzene rings is 5. The van der Waals surface area contributed by atoms with Gasteiger partial charge in [0.1, 0.15) is 11.5 Å². The first kappa shape index (κ1) is 22.0. The summed E-state index contributed by atoms with van der Waals surface area (Å²) in [6, 6.07) is 27.7. The van der Waals surface area contributed by atoms with Crippen LogP contribution < -0.4 is 21.1 Å². The molecule has 3 nitrogen and oxygen atoms in total. The summed E-state index contributed by atoms with van der Waals surface area (Å²) in [5.41, 5.74) is 22.4. The Bertz CT molecular complexity index is 2370. The molecule has 1 spiro atoms. The average Bonchev–Trinajstić information content (AvgIpc) is 3.79. The minimum atomic E-state index is 0.104. The largest absolute Gasteiger partial charge is 0.457 e. The van der Waals surface area contributed by atoms with Gasteiger partial charge in [0.25, 0.3) is 0 Å². The molecule has 0 saturated heterocycles. The van der Waals surface area contributed by atoms with Crippen molar-refractivity contribution in [2.45, 2.75) is 50.9 Å². The number of rotatable bonds is 0. The lowest BCUT2D eigenvalue weighted by Gasteiger charge is -2.39. The van der Waals surface area contributed by atoms with E-state index >= 15 is 0 Å². The van der Waals surface area contributed by atoms with Crippen LogP contribution in [0.2, 0.25) is 0 Å². The Balaban J connectivity index is 1.29. The molecule has 0 N–H and O–H groups in total. The fourth-order valence-electron chi connectivity index (χ4n) is 10.8. The molecule has 4 heterocycles. The van der Waals surface area contributed by atoms with Gasteiger partial charge in [-0.25, -0.2) is 4.68 Å². The van der Waals surface area contributed by atoms with Gasteiger partial charge in [0.2, 0.25) is 6.71 Å². The molecule has 0 bridgehead atoms. The second kappa shape index (κ2) is 6.81. The monoisotopic (exact) mass is 550 g/mol. The van der Waals surface area contributed by atoms with Crippen molar-refractivity contribution in [1.82, 2.24) is 9.78 Å². The molecule has 3 aliphatic heterocycles. The summed E-state index contributed by atoms with van der Waals surface area (Å²) in [6.07, 6.45) is 5.05. The van der Waals surface area contributed by atoms with Gasteiger partial charge in [0, 0.05) is 27.8 Å². The van der Waals surface area contributed by atoms with Crippen LogP contribution in [0.15, 0.2) is 72.8 Å². The number of ether oxygens (including phenoxy) is 1. The molecule has 6 aromatic rings. The van der Waals surface area contributed by atoms with E-state index in [2.05, 4.69) is 91.3 Å². The third kappa shape index (κ3) is 2.16. The van der Waals surface area contributed by atoms with E-state index in [9.17, 15) is 0 Å². The summed E-state index contributed by atoms with van der Waals surface area (Å²) >= 11 is 0. The average molecular weight is 550 g/mol. The smallest absolute Gasteiger partial charge is 0.247 e. The Morgan fingerprint density at radius 3 is 2.49 bits per heavy atom. The van der Waals surface area contributed by atoms with Gasteiger partial charge in [-0.1, -0.05) is 72.9 Å². The van der Waals surface area contributed by atoms with Crippen LogP contribution in [0.4, 0.5) is 0 Å². The zero-order valence-corrected chi connectivity index (χ0v) is 24.2. The van der Waals surface area contributed by atoms with Crippen molar-refractivity contribution in [2.75, 3.05) is 0 Å². The molecule has 1 saturated carbocycles. The molecule has 1 aromatic heterocycles. The number of nitrogens with zero attached hydrogens (tertiary/aromatic N) is 2. The Morgan fingerprint density at radius 1 is 0.814 bits per heavy atom. The highest BCUT2D eigenvalue weighted by Gasteiger charge is 2.53. The first-order chi connectivity index (χ1) is 21.2. The number of aromatic nitrogens is 2. The number of hydrogen-bond donors (Lipinski definition) is 0. The summed E-state index contributed by atoms with van der Waals surface area (Å²) in [5.74, 6) is 2.26. The van der Waals surface area contributed by atoms with Gasteiger partial charge in [-0.15, -0.1) is 0 Å². The third-order valence-corrected chi connectivity index (χ3v) is 12.1. The first-order valence-corrected chi connectivity index (χ1v) is 15.9. The molecule has 202 valence electrons. The van der Waals surface area contributed by atoms with E-state index in [4.69, 9.17) is 9.84 Å². The van der Waals surface area contributed by atoms with E-state index in [1.807, 2.05) is 0 Å². The van der Waals surface area contributed by atoms with Crippen molar-refractivity contribution in [3.05, 3.63) is 112 Å². The van der Waals surface area contributed by atoms with Crippen molar-refractivity contribution >= 4 is 34.0 Å². The van der Waals surface area contributed by atoms with Gasteiger partial charge in [0.05, 0.1) is 16.9 Å². The summed E-state index contributed by atoms with van der Waals surface area (Å²) in [6.45, 7) is 4.71. The molecule has 5 aromatic carbocycles. The van der Waals surface area contributed by atoms with Gasteiger partial charge in [0.15, 0.2) is 0 Å². The van der Waals surface area contributed by atoms with E-state index in [1.54, 1.807) is 11.1 Å². The predicted octanol–water partition coefficient (Wildman–Crippen LogP) is 6.89. The van der Waals surface area contributed by atoms with Crippen LogP contribution in [0.25, 0.3) is 38.8 Å². The highest BCUT2D eigenvalue weighted by atomic mass is 16.5. The molecule has 1 unspecified atom stereocenters. The SMILES string of the molecule is Cc1cc2c3c4c1-c1cccc5c1C4c1c(cccc1B3c1cc3c(c4c(C)nn-2c14)C1(CCCC1)c1ccccc1-3)O5. The molecule has 1 atom stereocenters. The zero-order valence-electron chi connectivity index (χ0n) is 24.2. The maximum absolute atomic E-state index is 6.70. The minimum Gasteiger partial charge on any atom is -0.457 e. The van der Waals surface area contributed by atoms with Crippen LogP contribution in [0, 0.1) is 13.8 Å². The Kier molecular flexibility index (Phi) is 3.49. The highest BCUT2D eigenvalue weighted by molar-refractivity contribution is 6.99. The lowest BCUT2D eigenvalue weighted by molar-refractivity contribution is 0.456. The Labute approximate surface area is 250 Å². The van der Waals surface area contributed by atoms with E-state index < -0.39 is 0 Å². The van der Waals surface area contributed by atoms with Gasteiger partial charge < -0.3 is 4.74 Å². The summed E-state index contributed by atoms with van der Waals surface area (Å²) in [5, 5.41) is 6.84. The third-order valence-electron chi connectivity index (χ3n) is 12.1. The number of hydrogen-bond acceptors (Lipinski definition) is 2. The molecular formula is C39H27BN2O. The minimum absolute atomic E-state index is 0.104. The number of fused-ring (bicyclic) bond motifs is 10. The standard InChI is InChI=1S/C39H27BN2O/c1-19-17-27-37-35-30(19)22-10-7-13-28-32(22)34(35)33-25(12-8-14-29(33)43-28)40(37)26-18-23-21-9-3-4-11-24(21)39(15-5-6-16-39)36(23)31-20(2)41-42(27)38(26)31/h3-4,7-14,17-18,34H,5-6,15-16H2,1-2H3. The van der Waals surface area contributed by atoms with E-state index in [0.29, 0.717) is 0 Å². The van der Waals surface area contributed by atoms with Crippen LogP contribution in [0.5, 0.6) is 11.5 Å². The topological polar surface area (TPSA) is 27.1 Å². The quantitative estimate of drug-likeness (QED) is 0.192. The highest BCUT2D eigenvalue weighted by Crippen LogP contribution is 2.61. The van der Waals surface area contributed by atoms with Crippen molar-refractivity contribution in [1.29, 1.82) is 0 Å². The molecule has 0 amide bonds. The molecule has 0 radical (unpaired) electrons. The van der Waals surface area contributed by atoms with Crippen LogP contribution in [0.3, 0.4) is 0 Å². The van der Waals surface area contributed by atoms with Gasteiger partial charge >= 0.3 is 0 Å². The zero-order chi connectivity index (χ0) is 27.9. The molecule has 3 aliphatic carbocycles. The molecule has 1 fully saturated rings. The molecule has 12 rings (SSSR count). The Morgan fingerprint density at radius 2 is 1.60 bits per heavy atom. The van der Waals surface area contributed by atoms with E-state index in [1.165, 1.54) is 109 Å². The lowest BCUT2D eigenvalue weighted by Crippen LogP contribution is -2.61. The summed E-state index contributed by atoms with van der Waals surface area (Å²) in [4.78, 5) is 0. The second-order valence-corrected chi connectivity index (χ2v) is 13.8. The van der Waals surface area contributed by atoms with Crippen molar-refractivity contribution < 1.29 is 4.74 Å². The summed E-state index contributed by atoms with van der Waals surface area (Å²) in [7, 11) is 0. The number of aryl methyl sites for hydroxylation is 2. The maximum atomic E-state index is 6.70. The molecule has 43 heavy (non-hydrogen) atoms. The molecule has 6 aliphatic rings. The normalized spacial score (nSPS) is 19.1. The molecule has 4 heteroatoms. The molecular weight excluding hydrogens is 523 g/mol. The van der Waals surface area contributed by atoms with E-state index in [-0.39, 0.29) is 18.0 Å². The fraction of sp³-hybridized carbons (Fsp3) is 0.205. The van der Waals surface area contributed by atoms with Crippen LogP contribution in [-0.2, 0) is 5.41 Å². The second-order valence-electron chi connectivity index (χ2n) is 13.8. The Hall–Kier alpha value is -4.57. The van der Waals surface area contributed by atoms with Crippen LogP contribution in [0.1, 0.15) is 70.7 Å².